The molecule has 4 aliphatic heterocycles. The van der Waals surface area contributed by atoms with Gasteiger partial charge in [-0.05, 0) is 104 Å². The second-order valence-electron chi connectivity index (χ2n) is 22.0. The topological polar surface area (TPSA) is 28.9 Å². The molecule has 0 bridgehead atoms. The van der Waals surface area contributed by atoms with Crippen molar-refractivity contribution in [2.75, 3.05) is 9.80 Å². The van der Waals surface area contributed by atoms with Gasteiger partial charge in [-0.25, -0.2) is 0 Å². The molecule has 9 aromatic rings. The first kappa shape index (κ1) is 40.6. The second-order valence-corrected chi connectivity index (χ2v) is 22.0. The van der Waals surface area contributed by atoms with Crippen LogP contribution in [0.1, 0.15) is 92.0 Å². The number of anilines is 5. The van der Waals surface area contributed by atoms with Crippen LogP contribution in [0.4, 0.5) is 28.4 Å². The van der Waals surface area contributed by atoms with Gasteiger partial charge in [0.05, 0.1) is 16.8 Å². The quantitative estimate of drug-likeness (QED) is 0.165. The van der Waals surface area contributed by atoms with E-state index in [0.717, 1.165) is 39.1 Å². The monoisotopic (exact) mass is 892 g/mol. The molecular weight excluding hydrogens is 840 g/mol. The number of ether oxygens (including phenoxy) is 1. The standard InChI is InChI=1S/C64H53BN2O2/c1-38-36-53-57-54(37-38)67(52-35-17-27-44-42-25-15-31-48(63(5,6)7)59(42)69-61(44)52)50-33-19-29-46-56(50)65(57)55-45(64(46,39-20-10-8-11-21-39)40-22-12-9-13-23-40)28-18-32-49(55)66(53)51-34-16-26-43-41-24-14-30-47(62(2,3)4)58(41)68-60(43)51/h8-37,43,60H,1-7H3. The van der Waals surface area contributed by atoms with Crippen molar-refractivity contribution in [3.8, 4) is 5.75 Å². The molecule has 69 heavy (non-hydrogen) atoms. The molecule has 0 radical (unpaired) electrons. The average molecular weight is 893 g/mol. The van der Waals surface area contributed by atoms with Crippen LogP contribution in [0.25, 0.3) is 21.9 Å². The Balaban J connectivity index is 1.11. The Morgan fingerprint density at radius 2 is 1.07 bits per heavy atom. The number of allylic oxidation sites excluding steroid dienone is 2. The van der Waals surface area contributed by atoms with Crippen LogP contribution in [0, 0.1) is 6.92 Å². The molecule has 0 N–H and O–H groups in total. The fraction of sp³-hybridized carbons (Fsp3) is 0.188. The van der Waals surface area contributed by atoms with E-state index < -0.39 is 5.41 Å². The molecule has 4 nitrogen and oxygen atoms in total. The van der Waals surface area contributed by atoms with E-state index in [1.165, 1.54) is 83.6 Å². The Bertz CT molecular complexity index is 3680. The van der Waals surface area contributed by atoms with Crippen LogP contribution in [0.5, 0.6) is 5.75 Å². The molecule has 1 aliphatic carbocycles. The Morgan fingerprint density at radius 3 is 1.72 bits per heavy atom. The van der Waals surface area contributed by atoms with Gasteiger partial charge in [-0.3, -0.25) is 0 Å². The van der Waals surface area contributed by atoms with Gasteiger partial charge >= 0.3 is 0 Å². The molecule has 0 saturated carbocycles. The van der Waals surface area contributed by atoms with Gasteiger partial charge in [0.25, 0.3) is 6.71 Å². The molecule has 5 aliphatic rings. The van der Waals surface area contributed by atoms with E-state index in [0.29, 0.717) is 0 Å². The minimum atomic E-state index is -0.648. The summed E-state index contributed by atoms with van der Waals surface area (Å²) in [5, 5.41) is 2.27. The third kappa shape index (κ3) is 5.36. The molecule has 5 heteroatoms. The minimum absolute atomic E-state index is 0.0480. The summed E-state index contributed by atoms with van der Waals surface area (Å²) >= 11 is 0. The highest BCUT2D eigenvalue weighted by atomic mass is 16.5. The van der Waals surface area contributed by atoms with Crippen molar-refractivity contribution >= 4 is 73.5 Å². The Morgan fingerprint density at radius 1 is 0.522 bits per heavy atom. The maximum absolute atomic E-state index is 7.39. The minimum Gasteiger partial charge on any atom is -0.483 e. The number of fused-ring (bicyclic) bond motifs is 6. The maximum atomic E-state index is 7.39. The first-order valence-corrected chi connectivity index (χ1v) is 24.7. The number of furan rings is 1. The van der Waals surface area contributed by atoms with E-state index in [2.05, 4.69) is 240 Å². The zero-order chi connectivity index (χ0) is 46.7. The normalized spacial score (nSPS) is 18.0. The van der Waals surface area contributed by atoms with Crippen molar-refractivity contribution in [1.82, 2.24) is 0 Å². The molecule has 0 amide bonds. The molecule has 0 spiro atoms. The molecular formula is C64H53BN2O2. The molecule has 8 aromatic carbocycles. The number of rotatable bonds is 4. The van der Waals surface area contributed by atoms with E-state index in [1.807, 2.05) is 0 Å². The Kier molecular flexibility index (Phi) is 8.26. The van der Waals surface area contributed by atoms with Crippen LogP contribution in [-0.4, -0.2) is 12.8 Å². The van der Waals surface area contributed by atoms with Crippen molar-refractivity contribution in [3.05, 3.63) is 232 Å². The van der Waals surface area contributed by atoms with Gasteiger partial charge in [-0.2, -0.15) is 0 Å². The van der Waals surface area contributed by atoms with E-state index in [-0.39, 0.29) is 29.6 Å². The Hall–Kier alpha value is -7.50. The van der Waals surface area contributed by atoms with Crippen molar-refractivity contribution < 1.29 is 9.15 Å². The molecule has 14 rings (SSSR count). The van der Waals surface area contributed by atoms with Gasteiger partial charge in [0, 0.05) is 50.6 Å². The van der Waals surface area contributed by atoms with E-state index in [9.17, 15) is 0 Å². The summed E-state index contributed by atoms with van der Waals surface area (Å²) in [6, 6.07) is 61.7. The van der Waals surface area contributed by atoms with E-state index in [4.69, 9.17) is 9.15 Å². The maximum Gasteiger partial charge on any atom is 0.253 e. The largest absolute Gasteiger partial charge is 0.483 e. The number of hydrogen-bond acceptors (Lipinski definition) is 4. The summed E-state index contributed by atoms with van der Waals surface area (Å²) in [6.07, 6.45) is 6.72. The molecule has 1 aromatic heterocycles. The third-order valence-electron chi connectivity index (χ3n) is 16.0. The van der Waals surface area contributed by atoms with Gasteiger partial charge in [0.15, 0.2) is 5.58 Å². The predicted octanol–water partition coefficient (Wildman–Crippen LogP) is 13.9. The number of aryl methyl sites for hydroxylation is 1. The second kappa shape index (κ2) is 14.0. The van der Waals surface area contributed by atoms with Crippen LogP contribution in [0.3, 0.4) is 0 Å². The molecule has 2 atom stereocenters. The number of para-hydroxylation sites is 3. The molecule has 0 saturated heterocycles. The summed E-state index contributed by atoms with van der Waals surface area (Å²) in [4.78, 5) is 5.15. The van der Waals surface area contributed by atoms with Crippen LogP contribution >= 0.6 is 0 Å². The average Bonchev–Trinajstić information content (AvgIpc) is 3.93. The lowest BCUT2D eigenvalue weighted by atomic mass is 9.28. The highest BCUT2D eigenvalue weighted by Crippen LogP contribution is 2.56. The number of hydrogen-bond donors (Lipinski definition) is 0. The number of nitrogens with zero attached hydrogens (tertiary/aromatic N) is 2. The lowest BCUT2D eigenvalue weighted by Crippen LogP contribution is -2.68. The lowest BCUT2D eigenvalue weighted by molar-refractivity contribution is 0.248. The fourth-order valence-electron chi connectivity index (χ4n) is 13.2. The highest BCUT2D eigenvalue weighted by Gasteiger charge is 2.56. The number of benzene rings is 8. The summed E-state index contributed by atoms with van der Waals surface area (Å²) in [6.45, 7) is 15.9. The van der Waals surface area contributed by atoms with E-state index >= 15 is 0 Å². The summed E-state index contributed by atoms with van der Waals surface area (Å²) in [5.41, 5.74) is 22.0. The molecule has 0 fully saturated rings. The summed E-state index contributed by atoms with van der Waals surface area (Å²) in [7, 11) is 0. The smallest absolute Gasteiger partial charge is 0.253 e. The highest BCUT2D eigenvalue weighted by molar-refractivity contribution is 7.01. The lowest BCUT2D eigenvalue weighted by Gasteiger charge is -2.52. The summed E-state index contributed by atoms with van der Waals surface area (Å²) < 4.78 is 14.7. The van der Waals surface area contributed by atoms with Gasteiger partial charge in [-0.15, -0.1) is 0 Å². The first-order valence-electron chi connectivity index (χ1n) is 24.7. The van der Waals surface area contributed by atoms with Crippen molar-refractivity contribution in [2.45, 2.75) is 76.7 Å². The molecule has 5 heterocycles. The fourth-order valence-corrected chi connectivity index (χ4v) is 13.2. The van der Waals surface area contributed by atoms with Gasteiger partial charge < -0.3 is 19.0 Å². The van der Waals surface area contributed by atoms with Gasteiger partial charge in [-0.1, -0.05) is 187 Å². The van der Waals surface area contributed by atoms with Crippen molar-refractivity contribution in [3.63, 3.8) is 0 Å². The van der Waals surface area contributed by atoms with Crippen molar-refractivity contribution in [2.24, 2.45) is 0 Å². The van der Waals surface area contributed by atoms with Crippen LogP contribution in [0.2, 0.25) is 0 Å². The SMILES string of the molecule is Cc1cc2c3c(c1)N(c1cccc4c1oc1c(C(C)(C)C)cccc14)c1cccc4c1B3c1c(cccc1C4(c1ccccc1)c1ccccc1)N2C1=CC=CC2c3cccc(C(C)(C)C)c3OC12. The molecule has 334 valence electrons. The zero-order valence-electron chi connectivity index (χ0n) is 40.3. The van der Waals surface area contributed by atoms with Crippen LogP contribution < -0.4 is 30.9 Å². The zero-order valence-corrected chi connectivity index (χ0v) is 40.3. The predicted molar refractivity (Wildman–Crippen MR) is 286 cm³/mol. The Labute approximate surface area is 405 Å². The first-order chi connectivity index (χ1) is 33.4. The van der Waals surface area contributed by atoms with E-state index in [1.54, 1.807) is 0 Å². The molecule has 2 unspecified atom stereocenters. The summed E-state index contributed by atoms with van der Waals surface area (Å²) in [5.74, 6) is 1.10. The van der Waals surface area contributed by atoms with Gasteiger partial charge in [0.1, 0.15) is 17.4 Å². The third-order valence-corrected chi connectivity index (χ3v) is 16.0. The van der Waals surface area contributed by atoms with Crippen LogP contribution in [0.15, 0.2) is 192 Å². The van der Waals surface area contributed by atoms with Gasteiger partial charge in [0.2, 0.25) is 0 Å². The van der Waals surface area contributed by atoms with Crippen LogP contribution in [-0.2, 0) is 16.2 Å². The van der Waals surface area contributed by atoms with Crippen molar-refractivity contribution in [1.29, 1.82) is 0 Å².